The van der Waals surface area contributed by atoms with Crippen LogP contribution in [0, 0.1) is 25.6 Å². The number of ketones is 2. The normalized spacial score (nSPS) is 17.2. The Morgan fingerprint density at radius 3 is 2.50 bits per heavy atom. The molecule has 158 valence electrons. The molecule has 0 saturated carbocycles. The standard InChI is InChI=1S/C22H23FN2O5/c1-11-19(13(3)26)12(2)24-20(11)21(28)14(4)30-22(29)15-9-18(27)25(10-15)17-8-6-5-7-16(17)23/h5-8,14-15,24H,9-10H2,1-4H3/t14-,15+/m0/s1. The third-order valence-corrected chi connectivity index (χ3v) is 5.30. The summed E-state index contributed by atoms with van der Waals surface area (Å²) in [6, 6.07) is 5.83. The van der Waals surface area contributed by atoms with Gasteiger partial charge in [0.15, 0.2) is 11.9 Å². The minimum Gasteiger partial charge on any atom is -0.454 e. The van der Waals surface area contributed by atoms with Gasteiger partial charge in [-0.3, -0.25) is 19.2 Å². The number of esters is 1. The molecule has 0 radical (unpaired) electrons. The third-order valence-electron chi connectivity index (χ3n) is 5.30. The molecule has 1 N–H and O–H groups in total. The van der Waals surface area contributed by atoms with Crippen LogP contribution in [0.4, 0.5) is 10.1 Å². The van der Waals surface area contributed by atoms with Crippen LogP contribution in [0.1, 0.15) is 52.4 Å². The van der Waals surface area contributed by atoms with Crippen LogP contribution in [-0.2, 0) is 14.3 Å². The molecule has 0 unspecified atom stereocenters. The average Bonchev–Trinajstić information content (AvgIpc) is 3.20. The maximum absolute atomic E-state index is 14.0. The molecule has 1 aliphatic heterocycles. The molecule has 1 aromatic carbocycles. The molecule has 8 heteroatoms. The van der Waals surface area contributed by atoms with Gasteiger partial charge in [-0.05, 0) is 45.4 Å². The average molecular weight is 414 g/mol. The number of hydrogen-bond acceptors (Lipinski definition) is 5. The number of anilines is 1. The largest absolute Gasteiger partial charge is 0.454 e. The van der Waals surface area contributed by atoms with Crippen LogP contribution in [0.3, 0.4) is 0 Å². The number of aryl methyl sites for hydroxylation is 1. The monoisotopic (exact) mass is 414 g/mol. The minimum atomic E-state index is -1.10. The Hall–Kier alpha value is -3.29. The number of nitrogens with one attached hydrogen (secondary N) is 1. The number of rotatable bonds is 6. The molecular formula is C22H23FN2O5. The van der Waals surface area contributed by atoms with Crippen LogP contribution in [0.5, 0.6) is 0 Å². The molecule has 1 aromatic heterocycles. The number of halogens is 1. The van der Waals surface area contributed by atoms with Crippen molar-refractivity contribution in [1.29, 1.82) is 0 Å². The number of ether oxygens (including phenoxy) is 1. The summed E-state index contributed by atoms with van der Waals surface area (Å²) in [5.74, 6) is -3.07. The summed E-state index contributed by atoms with van der Waals surface area (Å²) in [5, 5.41) is 0. The summed E-state index contributed by atoms with van der Waals surface area (Å²) in [5.41, 5.74) is 1.85. The van der Waals surface area contributed by atoms with Gasteiger partial charge in [-0.2, -0.15) is 0 Å². The highest BCUT2D eigenvalue weighted by molar-refractivity contribution is 6.05. The Kier molecular flexibility index (Phi) is 5.87. The zero-order chi connectivity index (χ0) is 22.2. The fourth-order valence-electron chi connectivity index (χ4n) is 3.82. The molecule has 3 rings (SSSR count). The maximum atomic E-state index is 14.0. The first-order valence-corrected chi connectivity index (χ1v) is 9.61. The molecule has 2 heterocycles. The van der Waals surface area contributed by atoms with Crippen LogP contribution in [0.2, 0.25) is 0 Å². The van der Waals surface area contributed by atoms with Crippen molar-refractivity contribution in [2.45, 2.75) is 40.2 Å². The number of hydrogen-bond donors (Lipinski definition) is 1. The Morgan fingerprint density at radius 2 is 1.90 bits per heavy atom. The van der Waals surface area contributed by atoms with E-state index in [1.54, 1.807) is 19.9 Å². The van der Waals surface area contributed by atoms with Gasteiger partial charge in [0.1, 0.15) is 5.82 Å². The first-order chi connectivity index (χ1) is 14.1. The molecule has 7 nitrogen and oxygen atoms in total. The van der Waals surface area contributed by atoms with Gasteiger partial charge in [0, 0.05) is 24.2 Å². The fraction of sp³-hybridized carbons (Fsp3) is 0.364. The molecule has 1 fully saturated rings. The zero-order valence-electron chi connectivity index (χ0n) is 17.2. The summed E-state index contributed by atoms with van der Waals surface area (Å²) in [7, 11) is 0. The summed E-state index contributed by atoms with van der Waals surface area (Å²) in [4.78, 5) is 53.5. The van der Waals surface area contributed by atoms with E-state index < -0.39 is 29.6 Å². The number of nitrogens with zero attached hydrogens (tertiary/aromatic N) is 1. The van der Waals surface area contributed by atoms with E-state index in [4.69, 9.17) is 4.74 Å². The number of carbonyl (C=O) groups is 4. The number of amides is 1. The fourth-order valence-corrected chi connectivity index (χ4v) is 3.82. The van der Waals surface area contributed by atoms with Crippen LogP contribution >= 0.6 is 0 Å². The number of benzene rings is 1. The maximum Gasteiger partial charge on any atom is 0.312 e. The van der Waals surface area contributed by atoms with Crippen molar-refractivity contribution in [3.05, 3.63) is 52.6 Å². The molecule has 1 amide bonds. The predicted molar refractivity (Wildman–Crippen MR) is 107 cm³/mol. The smallest absolute Gasteiger partial charge is 0.312 e. The number of H-pyrrole nitrogens is 1. The van der Waals surface area contributed by atoms with E-state index in [0.717, 1.165) is 0 Å². The molecule has 1 saturated heterocycles. The summed E-state index contributed by atoms with van der Waals surface area (Å²) in [6.07, 6.45) is -1.23. The molecule has 0 bridgehead atoms. The second-order valence-corrected chi connectivity index (χ2v) is 7.48. The number of aromatic amines is 1. The van der Waals surface area contributed by atoms with Gasteiger partial charge in [0.05, 0.1) is 17.3 Å². The Balaban J connectivity index is 1.70. The highest BCUT2D eigenvalue weighted by atomic mass is 19.1. The van der Waals surface area contributed by atoms with Gasteiger partial charge in [-0.15, -0.1) is 0 Å². The lowest BCUT2D eigenvalue weighted by atomic mass is 10.0. The summed E-state index contributed by atoms with van der Waals surface area (Å²) >= 11 is 0. The number of carbonyl (C=O) groups excluding carboxylic acids is 4. The van der Waals surface area contributed by atoms with E-state index in [-0.39, 0.29) is 36.0 Å². The van der Waals surface area contributed by atoms with Gasteiger partial charge < -0.3 is 14.6 Å². The number of aromatic nitrogens is 1. The lowest BCUT2D eigenvalue weighted by Crippen LogP contribution is -2.31. The molecule has 1 aliphatic rings. The minimum absolute atomic E-state index is 0.0192. The van der Waals surface area contributed by atoms with Crippen molar-refractivity contribution in [3.8, 4) is 0 Å². The van der Waals surface area contributed by atoms with Gasteiger partial charge in [0.2, 0.25) is 11.7 Å². The lowest BCUT2D eigenvalue weighted by Gasteiger charge is -2.18. The second-order valence-electron chi connectivity index (χ2n) is 7.48. The highest BCUT2D eigenvalue weighted by Gasteiger charge is 2.38. The Labute approximate surface area is 173 Å². The van der Waals surface area contributed by atoms with E-state index >= 15 is 0 Å². The number of Topliss-reactive ketones (excluding diaryl/α,β-unsaturated/α-hetero) is 2. The van der Waals surface area contributed by atoms with Crippen LogP contribution < -0.4 is 4.90 Å². The van der Waals surface area contributed by atoms with E-state index in [9.17, 15) is 23.6 Å². The van der Waals surface area contributed by atoms with Gasteiger partial charge in [0.25, 0.3) is 0 Å². The van der Waals surface area contributed by atoms with Gasteiger partial charge in [-0.25, -0.2) is 4.39 Å². The van der Waals surface area contributed by atoms with Crippen LogP contribution in [0.25, 0.3) is 0 Å². The Morgan fingerprint density at radius 1 is 1.23 bits per heavy atom. The van der Waals surface area contributed by atoms with Crippen LogP contribution in [-0.4, -0.2) is 41.1 Å². The van der Waals surface area contributed by atoms with Gasteiger partial charge >= 0.3 is 5.97 Å². The first-order valence-electron chi connectivity index (χ1n) is 9.61. The summed E-state index contributed by atoms with van der Waals surface area (Å²) in [6.45, 7) is 6.19. The molecule has 30 heavy (non-hydrogen) atoms. The van der Waals surface area contributed by atoms with E-state index in [2.05, 4.69) is 4.98 Å². The molecule has 2 aromatic rings. The first kappa shape index (κ1) is 21.4. The molecule has 0 aliphatic carbocycles. The van der Waals surface area contributed by atoms with Crippen molar-refractivity contribution in [2.24, 2.45) is 5.92 Å². The number of para-hydroxylation sites is 1. The third kappa shape index (κ3) is 3.90. The lowest BCUT2D eigenvalue weighted by molar-refractivity contribution is -0.151. The van der Waals surface area contributed by atoms with Crippen LogP contribution in [0.15, 0.2) is 24.3 Å². The Bertz CT molecular complexity index is 1040. The molecule has 2 atom stereocenters. The van der Waals surface area contributed by atoms with E-state index in [0.29, 0.717) is 16.8 Å². The molecule has 0 spiro atoms. The molecular weight excluding hydrogens is 391 g/mol. The van der Waals surface area contributed by atoms with E-state index in [1.165, 1.54) is 36.9 Å². The second kappa shape index (κ2) is 8.22. The predicted octanol–water partition coefficient (Wildman–Crippen LogP) is 3.14. The van der Waals surface area contributed by atoms with E-state index in [1.807, 2.05) is 0 Å². The van der Waals surface area contributed by atoms with Crippen molar-refractivity contribution >= 4 is 29.1 Å². The topological polar surface area (TPSA) is 96.5 Å². The van der Waals surface area contributed by atoms with Crippen molar-refractivity contribution < 1.29 is 28.3 Å². The van der Waals surface area contributed by atoms with Crippen molar-refractivity contribution in [1.82, 2.24) is 4.98 Å². The SMILES string of the molecule is CC(=O)c1c(C)[nH]c(C(=O)[C@H](C)OC(=O)[C@@H]2CC(=O)N(c3ccccc3F)C2)c1C. The van der Waals surface area contributed by atoms with Crippen molar-refractivity contribution in [2.75, 3.05) is 11.4 Å². The quantitative estimate of drug-likeness (QED) is 0.579. The zero-order valence-corrected chi connectivity index (χ0v) is 17.2. The summed E-state index contributed by atoms with van der Waals surface area (Å²) < 4.78 is 19.3. The van der Waals surface area contributed by atoms with Gasteiger partial charge in [-0.1, -0.05) is 12.1 Å². The van der Waals surface area contributed by atoms with Crippen molar-refractivity contribution in [3.63, 3.8) is 0 Å². The highest BCUT2D eigenvalue weighted by Crippen LogP contribution is 2.28.